The third-order valence-corrected chi connectivity index (χ3v) is 5.98. The van der Waals surface area contributed by atoms with Gasteiger partial charge in [0.05, 0.1) is 0 Å². The van der Waals surface area contributed by atoms with Gasteiger partial charge in [-0.15, -0.1) is 0 Å². The van der Waals surface area contributed by atoms with Crippen LogP contribution in [0.25, 0.3) is 0 Å². The predicted octanol–water partition coefficient (Wildman–Crippen LogP) is 2.87. The molecule has 0 bridgehead atoms. The van der Waals surface area contributed by atoms with Gasteiger partial charge >= 0.3 is 0 Å². The van der Waals surface area contributed by atoms with Crippen molar-refractivity contribution in [3.05, 3.63) is 29.3 Å². The molecule has 3 aliphatic rings. The predicted molar refractivity (Wildman–Crippen MR) is 99.3 cm³/mol. The summed E-state index contributed by atoms with van der Waals surface area (Å²) in [7, 11) is 0. The van der Waals surface area contributed by atoms with E-state index in [-0.39, 0.29) is 17.9 Å². The van der Waals surface area contributed by atoms with Crippen molar-refractivity contribution in [2.75, 3.05) is 26.2 Å². The molecular weight excluding hydrogens is 328 g/mol. The number of benzene rings is 1. The van der Waals surface area contributed by atoms with Crippen LogP contribution in [0.15, 0.2) is 18.2 Å². The van der Waals surface area contributed by atoms with E-state index in [1.165, 1.54) is 19.3 Å². The number of carbonyl (C=O) groups excluding carboxylic acids is 2. The molecular formula is C21H28N2O3. The largest absolute Gasteiger partial charge is 0.490 e. The molecule has 1 saturated heterocycles. The minimum absolute atomic E-state index is 0.0668. The second-order valence-corrected chi connectivity index (χ2v) is 7.91. The molecule has 1 aromatic rings. The second kappa shape index (κ2) is 7.29. The zero-order valence-corrected chi connectivity index (χ0v) is 15.6. The molecule has 2 aliphatic heterocycles. The Balaban J connectivity index is 1.35. The third kappa shape index (κ3) is 3.44. The van der Waals surface area contributed by atoms with Gasteiger partial charge in [0.2, 0.25) is 5.91 Å². The molecule has 2 amide bonds. The first kappa shape index (κ1) is 17.4. The van der Waals surface area contributed by atoms with Crippen molar-refractivity contribution in [1.29, 1.82) is 0 Å². The minimum atomic E-state index is 0.0668. The Hall–Kier alpha value is -2.04. The van der Waals surface area contributed by atoms with E-state index in [1.54, 1.807) is 0 Å². The van der Waals surface area contributed by atoms with Crippen molar-refractivity contribution in [3.63, 3.8) is 0 Å². The first-order chi connectivity index (χ1) is 12.6. The van der Waals surface area contributed by atoms with Crippen LogP contribution in [0, 0.1) is 5.92 Å². The number of carbonyl (C=O) groups is 2. The van der Waals surface area contributed by atoms with Crippen LogP contribution in [-0.4, -0.2) is 53.9 Å². The number of piperazine rings is 1. The van der Waals surface area contributed by atoms with Gasteiger partial charge in [-0.05, 0) is 43.5 Å². The molecule has 1 aliphatic carbocycles. The maximum atomic E-state index is 12.8. The van der Waals surface area contributed by atoms with Gasteiger partial charge in [-0.2, -0.15) is 0 Å². The van der Waals surface area contributed by atoms with Crippen LogP contribution >= 0.6 is 0 Å². The lowest BCUT2D eigenvalue weighted by molar-refractivity contribution is -0.138. The number of nitrogens with zero attached hydrogens (tertiary/aromatic N) is 2. The fourth-order valence-corrected chi connectivity index (χ4v) is 4.48. The molecule has 1 atom stereocenters. The zero-order valence-electron chi connectivity index (χ0n) is 15.6. The molecule has 4 rings (SSSR count). The third-order valence-electron chi connectivity index (χ3n) is 5.98. The standard InChI is InChI=1S/C21H28N2O3/c1-15-13-18-14-17(7-8-19(18)26-15)21(25)23-11-9-22(10-12-23)20(24)16-5-3-2-4-6-16/h7-8,14-16H,2-6,9-13H2,1H3. The van der Waals surface area contributed by atoms with Gasteiger partial charge in [-0.3, -0.25) is 9.59 Å². The fourth-order valence-electron chi connectivity index (χ4n) is 4.48. The summed E-state index contributed by atoms with van der Waals surface area (Å²) in [5.74, 6) is 1.49. The molecule has 0 spiro atoms. The van der Waals surface area contributed by atoms with Crippen molar-refractivity contribution in [2.24, 2.45) is 5.92 Å². The number of hydrogen-bond acceptors (Lipinski definition) is 3. The smallest absolute Gasteiger partial charge is 0.253 e. The molecule has 5 heteroatoms. The number of rotatable bonds is 2. The van der Waals surface area contributed by atoms with Crippen molar-refractivity contribution in [1.82, 2.24) is 9.80 Å². The summed E-state index contributed by atoms with van der Waals surface area (Å²) in [5, 5.41) is 0. The van der Waals surface area contributed by atoms with Gasteiger partial charge in [0.15, 0.2) is 0 Å². The minimum Gasteiger partial charge on any atom is -0.490 e. The highest BCUT2D eigenvalue weighted by Crippen LogP contribution is 2.30. The van der Waals surface area contributed by atoms with Crippen LogP contribution in [0.3, 0.4) is 0 Å². The Morgan fingerprint density at radius 1 is 1.00 bits per heavy atom. The Bertz CT molecular complexity index is 688. The molecule has 0 radical (unpaired) electrons. The quantitative estimate of drug-likeness (QED) is 0.819. The van der Waals surface area contributed by atoms with Crippen molar-refractivity contribution in [3.8, 4) is 5.75 Å². The Morgan fingerprint density at radius 3 is 2.42 bits per heavy atom. The Labute approximate surface area is 155 Å². The molecule has 5 nitrogen and oxygen atoms in total. The van der Waals surface area contributed by atoms with Gasteiger partial charge < -0.3 is 14.5 Å². The van der Waals surface area contributed by atoms with Crippen LogP contribution < -0.4 is 4.74 Å². The summed E-state index contributed by atoms with van der Waals surface area (Å²) < 4.78 is 5.72. The molecule has 1 aromatic carbocycles. The fraction of sp³-hybridized carbons (Fsp3) is 0.619. The van der Waals surface area contributed by atoms with E-state index >= 15 is 0 Å². The summed E-state index contributed by atoms with van der Waals surface area (Å²) in [6.07, 6.45) is 6.73. The first-order valence-corrected chi connectivity index (χ1v) is 9.99. The highest BCUT2D eigenvalue weighted by atomic mass is 16.5. The van der Waals surface area contributed by atoms with Gasteiger partial charge in [0.1, 0.15) is 11.9 Å². The van der Waals surface area contributed by atoms with Gasteiger partial charge in [0, 0.05) is 44.1 Å². The maximum absolute atomic E-state index is 12.8. The van der Waals surface area contributed by atoms with Crippen LogP contribution in [0.4, 0.5) is 0 Å². The molecule has 0 aromatic heterocycles. The molecule has 2 heterocycles. The van der Waals surface area contributed by atoms with Crippen molar-refractivity contribution >= 4 is 11.8 Å². The summed E-state index contributed by atoms with van der Waals surface area (Å²) in [4.78, 5) is 29.4. The average molecular weight is 356 g/mol. The number of hydrogen-bond donors (Lipinski definition) is 0. The summed E-state index contributed by atoms with van der Waals surface area (Å²) in [6.45, 7) is 4.62. The SMILES string of the molecule is CC1Cc2cc(C(=O)N3CCN(C(=O)C4CCCCC4)CC3)ccc2O1. The van der Waals surface area contributed by atoms with E-state index in [9.17, 15) is 9.59 Å². The molecule has 0 N–H and O–H groups in total. The van der Waals surface area contributed by atoms with E-state index in [1.807, 2.05) is 34.9 Å². The molecule has 140 valence electrons. The Kier molecular flexibility index (Phi) is 4.88. The van der Waals surface area contributed by atoms with Crippen LogP contribution in [0.1, 0.15) is 54.9 Å². The zero-order chi connectivity index (χ0) is 18.1. The van der Waals surface area contributed by atoms with Gasteiger partial charge in [0.25, 0.3) is 5.91 Å². The van der Waals surface area contributed by atoms with Crippen LogP contribution in [0.5, 0.6) is 5.75 Å². The first-order valence-electron chi connectivity index (χ1n) is 9.99. The molecule has 1 unspecified atom stereocenters. The van der Waals surface area contributed by atoms with Crippen LogP contribution in [0.2, 0.25) is 0 Å². The van der Waals surface area contributed by atoms with E-state index in [0.717, 1.165) is 36.1 Å². The second-order valence-electron chi connectivity index (χ2n) is 7.91. The van der Waals surface area contributed by atoms with E-state index < -0.39 is 0 Å². The summed E-state index contributed by atoms with van der Waals surface area (Å²) in [5.41, 5.74) is 1.85. The average Bonchev–Trinajstić information content (AvgIpc) is 3.07. The molecule has 1 saturated carbocycles. The number of amides is 2. The van der Waals surface area contributed by atoms with Crippen LogP contribution in [-0.2, 0) is 11.2 Å². The lowest BCUT2D eigenvalue weighted by Gasteiger charge is -2.37. The normalized spacial score (nSPS) is 23.5. The highest BCUT2D eigenvalue weighted by molar-refractivity contribution is 5.95. The topological polar surface area (TPSA) is 49.9 Å². The number of ether oxygens (including phenoxy) is 1. The highest BCUT2D eigenvalue weighted by Gasteiger charge is 2.30. The summed E-state index contributed by atoms with van der Waals surface area (Å²) in [6, 6.07) is 5.74. The lowest BCUT2D eigenvalue weighted by atomic mass is 9.88. The van der Waals surface area contributed by atoms with Gasteiger partial charge in [-0.25, -0.2) is 0 Å². The molecule has 26 heavy (non-hydrogen) atoms. The van der Waals surface area contributed by atoms with Crippen molar-refractivity contribution in [2.45, 2.75) is 51.6 Å². The lowest BCUT2D eigenvalue weighted by Crippen LogP contribution is -2.52. The van der Waals surface area contributed by atoms with E-state index in [0.29, 0.717) is 32.1 Å². The molecule has 2 fully saturated rings. The monoisotopic (exact) mass is 356 g/mol. The maximum Gasteiger partial charge on any atom is 0.253 e. The number of fused-ring (bicyclic) bond motifs is 1. The van der Waals surface area contributed by atoms with E-state index in [4.69, 9.17) is 4.74 Å². The van der Waals surface area contributed by atoms with Gasteiger partial charge in [-0.1, -0.05) is 19.3 Å². The summed E-state index contributed by atoms with van der Waals surface area (Å²) >= 11 is 0. The van der Waals surface area contributed by atoms with Crippen molar-refractivity contribution < 1.29 is 14.3 Å². The van der Waals surface area contributed by atoms with E-state index in [2.05, 4.69) is 0 Å². The Morgan fingerprint density at radius 2 is 1.69 bits per heavy atom.